The zero-order valence-corrected chi connectivity index (χ0v) is 12.7. The van der Waals surface area contributed by atoms with Crippen LogP contribution in [-0.4, -0.2) is 27.8 Å². The number of H-pyrrole nitrogens is 1. The fourth-order valence-electron chi connectivity index (χ4n) is 3.01. The van der Waals surface area contributed by atoms with Crippen molar-refractivity contribution in [3.05, 3.63) is 52.3 Å². The van der Waals surface area contributed by atoms with Crippen LogP contribution in [0.2, 0.25) is 0 Å². The van der Waals surface area contributed by atoms with Crippen LogP contribution in [0.4, 0.5) is 0 Å². The molecule has 0 saturated heterocycles. The molecule has 5 heteroatoms. The predicted molar refractivity (Wildman–Crippen MR) is 83.7 cm³/mol. The van der Waals surface area contributed by atoms with Gasteiger partial charge in [0.1, 0.15) is 0 Å². The van der Waals surface area contributed by atoms with Gasteiger partial charge in [-0.15, -0.1) is 0 Å². The summed E-state index contributed by atoms with van der Waals surface area (Å²) in [6.45, 7) is 2.13. The Morgan fingerprint density at radius 1 is 1.36 bits per heavy atom. The van der Waals surface area contributed by atoms with Crippen LogP contribution in [0.15, 0.2) is 24.3 Å². The lowest BCUT2D eigenvalue weighted by Gasteiger charge is -2.15. The van der Waals surface area contributed by atoms with Gasteiger partial charge in [-0.1, -0.05) is 24.3 Å². The van der Waals surface area contributed by atoms with E-state index in [-0.39, 0.29) is 12.5 Å². The monoisotopic (exact) mass is 299 g/mol. The minimum atomic E-state index is -0.708. The van der Waals surface area contributed by atoms with Crippen LogP contribution in [0.25, 0.3) is 0 Å². The van der Waals surface area contributed by atoms with Crippen LogP contribution in [0.5, 0.6) is 0 Å². The molecule has 116 valence electrons. The van der Waals surface area contributed by atoms with E-state index >= 15 is 0 Å². The van der Waals surface area contributed by atoms with Crippen LogP contribution >= 0.6 is 0 Å². The zero-order valence-electron chi connectivity index (χ0n) is 12.7. The number of aliphatic hydroxyl groups is 1. The maximum absolute atomic E-state index is 12.3. The number of benzene rings is 1. The largest absolute Gasteiger partial charge is 0.387 e. The van der Waals surface area contributed by atoms with Crippen molar-refractivity contribution in [1.82, 2.24) is 15.5 Å². The first kappa shape index (κ1) is 14.8. The summed E-state index contributed by atoms with van der Waals surface area (Å²) < 4.78 is 0. The van der Waals surface area contributed by atoms with Crippen LogP contribution in [-0.2, 0) is 12.8 Å². The molecule has 1 heterocycles. The molecule has 0 saturated carbocycles. The van der Waals surface area contributed by atoms with E-state index < -0.39 is 6.10 Å². The maximum atomic E-state index is 12.3. The van der Waals surface area contributed by atoms with Gasteiger partial charge in [0.15, 0.2) is 5.69 Å². The van der Waals surface area contributed by atoms with Gasteiger partial charge in [0, 0.05) is 17.8 Å². The molecule has 0 spiro atoms. The van der Waals surface area contributed by atoms with Crippen molar-refractivity contribution in [2.45, 2.75) is 38.7 Å². The molecule has 3 N–H and O–H groups in total. The number of amides is 1. The van der Waals surface area contributed by atoms with Gasteiger partial charge in [0.2, 0.25) is 0 Å². The summed E-state index contributed by atoms with van der Waals surface area (Å²) in [4.78, 5) is 12.3. The van der Waals surface area contributed by atoms with Crippen molar-refractivity contribution in [2.24, 2.45) is 0 Å². The summed E-state index contributed by atoms with van der Waals surface area (Å²) in [5.74, 6) is -0.216. The lowest BCUT2D eigenvalue weighted by molar-refractivity contribution is 0.0910. The van der Waals surface area contributed by atoms with Crippen LogP contribution in [0, 0.1) is 6.92 Å². The van der Waals surface area contributed by atoms with Gasteiger partial charge < -0.3 is 10.4 Å². The zero-order chi connectivity index (χ0) is 15.5. The normalized spacial score (nSPS) is 15.2. The number of carbonyl (C=O) groups excluding carboxylic acids is 1. The maximum Gasteiger partial charge on any atom is 0.272 e. The highest BCUT2D eigenvalue weighted by molar-refractivity contribution is 5.94. The van der Waals surface area contributed by atoms with Gasteiger partial charge in [-0.05, 0) is 43.7 Å². The van der Waals surface area contributed by atoms with Crippen molar-refractivity contribution < 1.29 is 9.90 Å². The Bertz CT molecular complexity index is 678. The van der Waals surface area contributed by atoms with E-state index in [1.54, 1.807) is 0 Å². The average Bonchev–Trinajstić information content (AvgIpc) is 2.97. The number of aromatic amines is 1. The van der Waals surface area contributed by atoms with E-state index in [1.165, 1.54) is 0 Å². The third-order valence-electron chi connectivity index (χ3n) is 4.27. The van der Waals surface area contributed by atoms with Crippen molar-refractivity contribution in [2.75, 3.05) is 6.54 Å². The summed E-state index contributed by atoms with van der Waals surface area (Å²) in [7, 11) is 0. The highest BCUT2D eigenvalue weighted by Gasteiger charge is 2.22. The molecule has 5 nitrogen and oxygen atoms in total. The number of fused-ring (bicyclic) bond motifs is 1. The molecule has 1 aliphatic carbocycles. The molecular formula is C17H21N3O2. The second kappa shape index (κ2) is 6.32. The smallest absolute Gasteiger partial charge is 0.272 e. The first-order valence-corrected chi connectivity index (χ1v) is 7.74. The number of carbonyl (C=O) groups is 1. The minimum absolute atomic E-state index is 0.186. The molecule has 0 bridgehead atoms. The molecule has 1 aliphatic rings. The van der Waals surface area contributed by atoms with Gasteiger partial charge >= 0.3 is 0 Å². The molecule has 0 aliphatic heterocycles. The van der Waals surface area contributed by atoms with E-state index in [9.17, 15) is 9.90 Å². The Balaban J connectivity index is 1.65. The van der Waals surface area contributed by atoms with Crippen LogP contribution < -0.4 is 5.32 Å². The Hall–Kier alpha value is -2.14. The van der Waals surface area contributed by atoms with Crippen molar-refractivity contribution in [3.63, 3.8) is 0 Å². The number of aromatic nitrogens is 2. The van der Waals surface area contributed by atoms with Gasteiger partial charge in [0.25, 0.3) is 5.91 Å². The molecule has 3 rings (SSSR count). The Kier molecular flexibility index (Phi) is 4.24. The number of hydrogen-bond donors (Lipinski definition) is 3. The van der Waals surface area contributed by atoms with E-state index in [0.717, 1.165) is 48.1 Å². The lowest BCUT2D eigenvalue weighted by atomic mass is 9.95. The third-order valence-corrected chi connectivity index (χ3v) is 4.27. The number of aryl methyl sites for hydroxylation is 2. The van der Waals surface area contributed by atoms with Gasteiger partial charge in [0.05, 0.1) is 6.10 Å². The molecule has 1 aromatic heterocycles. The lowest BCUT2D eigenvalue weighted by Crippen LogP contribution is -2.29. The minimum Gasteiger partial charge on any atom is -0.387 e. The topological polar surface area (TPSA) is 78.0 Å². The van der Waals surface area contributed by atoms with Gasteiger partial charge in [-0.2, -0.15) is 5.10 Å². The van der Waals surface area contributed by atoms with Crippen molar-refractivity contribution in [3.8, 4) is 0 Å². The summed E-state index contributed by atoms with van der Waals surface area (Å²) in [6, 6.07) is 7.64. The molecule has 2 aromatic rings. The summed E-state index contributed by atoms with van der Waals surface area (Å²) in [5.41, 5.74) is 4.45. The first-order valence-electron chi connectivity index (χ1n) is 7.74. The first-order chi connectivity index (χ1) is 10.7. The van der Waals surface area contributed by atoms with E-state index in [2.05, 4.69) is 15.5 Å². The fraction of sp³-hybridized carbons (Fsp3) is 0.412. The van der Waals surface area contributed by atoms with E-state index in [4.69, 9.17) is 0 Å². The molecular weight excluding hydrogens is 278 g/mol. The molecule has 0 radical (unpaired) electrons. The second-order valence-electron chi connectivity index (χ2n) is 5.82. The van der Waals surface area contributed by atoms with E-state index in [0.29, 0.717) is 5.69 Å². The van der Waals surface area contributed by atoms with Crippen LogP contribution in [0.1, 0.15) is 51.8 Å². The number of rotatable bonds is 4. The summed E-state index contributed by atoms with van der Waals surface area (Å²) >= 11 is 0. The van der Waals surface area contributed by atoms with Crippen molar-refractivity contribution >= 4 is 5.91 Å². The van der Waals surface area contributed by atoms with Crippen molar-refractivity contribution in [1.29, 1.82) is 0 Å². The Labute approximate surface area is 129 Å². The second-order valence-corrected chi connectivity index (χ2v) is 5.82. The summed E-state index contributed by atoms with van der Waals surface area (Å²) in [6.07, 6.45) is 3.39. The predicted octanol–water partition coefficient (Wildman–Crippen LogP) is 2.06. The van der Waals surface area contributed by atoms with Gasteiger partial charge in [-0.25, -0.2) is 0 Å². The Morgan fingerprint density at radius 3 is 2.95 bits per heavy atom. The molecule has 0 fully saturated rings. The number of nitrogens with zero attached hydrogens (tertiary/aromatic N) is 1. The number of nitrogens with one attached hydrogen (secondary N) is 2. The Morgan fingerprint density at radius 2 is 2.14 bits per heavy atom. The molecule has 1 unspecified atom stereocenters. The number of hydrogen-bond acceptors (Lipinski definition) is 3. The highest BCUT2D eigenvalue weighted by atomic mass is 16.3. The molecule has 1 aromatic carbocycles. The molecule has 22 heavy (non-hydrogen) atoms. The van der Waals surface area contributed by atoms with E-state index in [1.807, 2.05) is 31.2 Å². The highest BCUT2D eigenvalue weighted by Crippen LogP contribution is 2.22. The number of aliphatic hydroxyl groups excluding tert-OH is 1. The molecule has 1 atom stereocenters. The quantitative estimate of drug-likeness (QED) is 0.808. The third kappa shape index (κ3) is 2.90. The fourth-order valence-corrected chi connectivity index (χ4v) is 3.01. The average molecular weight is 299 g/mol. The van der Waals surface area contributed by atoms with Crippen LogP contribution in [0.3, 0.4) is 0 Å². The van der Waals surface area contributed by atoms with Gasteiger partial charge in [-0.3, -0.25) is 9.89 Å². The summed E-state index contributed by atoms with van der Waals surface area (Å²) in [5, 5.41) is 20.1. The SMILES string of the molecule is Cc1ccccc1C(O)CNC(=O)c1n[nH]c2c1CCCC2. The molecule has 1 amide bonds. The standard InChI is InChI=1S/C17H21N3O2/c1-11-6-2-3-7-12(11)15(21)10-18-17(22)16-13-8-4-5-9-14(13)19-20-16/h2-3,6-7,15,21H,4-5,8-10H2,1H3,(H,18,22)(H,19,20).